The summed E-state index contributed by atoms with van der Waals surface area (Å²) < 4.78 is 5.73. The predicted molar refractivity (Wildman–Crippen MR) is 59.6 cm³/mol. The summed E-state index contributed by atoms with van der Waals surface area (Å²) in [6, 6.07) is 4.15. The first kappa shape index (κ1) is 10.1. The Morgan fingerprint density at radius 3 is 3.14 bits per heavy atom. The van der Waals surface area contributed by atoms with Crippen molar-refractivity contribution in [3.8, 4) is 0 Å². The number of ether oxygens (including phenoxy) is 1. The summed E-state index contributed by atoms with van der Waals surface area (Å²) in [5, 5.41) is 0. The molecule has 0 bridgehead atoms. The Morgan fingerprint density at radius 1 is 1.57 bits per heavy atom. The number of hydrogen-bond donors (Lipinski definition) is 0. The van der Waals surface area contributed by atoms with Gasteiger partial charge in [-0.3, -0.25) is 4.98 Å². The molecule has 1 aromatic heterocycles. The van der Waals surface area contributed by atoms with Crippen LogP contribution in [-0.4, -0.2) is 16.4 Å². The van der Waals surface area contributed by atoms with Crippen LogP contribution in [-0.2, 0) is 4.74 Å². The Kier molecular flexibility index (Phi) is 3.19. The van der Waals surface area contributed by atoms with Gasteiger partial charge in [-0.15, -0.1) is 0 Å². The van der Waals surface area contributed by atoms with Gasteiger partial charge in [0.25, 0.3) is 0 Å². The third-order valence-corrected chi connectivity index (χ3v) is 3.34. The highest BCUT2D eigenvalue weighted by Crippen LogP contribution is 2.31. The second-order valence-corrected chi connectivity index (χ2v) is 5.01. The molecule has 0 spiro atoms. The van der Waals surface area contributed by atoms with E-state index >= 15 is 0 Å². The lowest BCUT2D eigenvalue weighted by molar-refractivity contribution is 0.0186. The zero-order valence-electron chi connectivity index (χ0n) is 8.24. The van der Waals surface area contributed by atoms with Crippen molar-refractivity contribution < 1.29 is 4.74 Å². The molecule has 1 saturated heterocycles. The topological polar surface area (TPSA) is 22.1 Å². The van der Waals surface area contributed by atoms with Crippen LogP contribution in [0.1, 0.15) is 30.2 Å². The number of pyridine rings is 1. The molecule has 2 nitrogen and oxygen atoms in total. The van der Waals surface area contributed by atoms with Gasteiger partial charge in [-0.05, 0) is 37.5 Å². The van der Waals surface area contributed by atoms with Crippen LogP contribution in [0.25, 0.3) is 0 Å². The van der Waals surface area contributed by atoms with E-state index in [9.17, 15) is 0 Å². The van der Waals surface area contributed by atoms with Crippen LogP contribution in [0.5, 0.6) is 0 Å². The molecule has 1 aliphatic heterocycles. The number of hydrogen-bond acceptors (Lipinski definition) is 2. The number of halogens is 1. The van der Waals surface area contributed by atoms with Crippen LogP contribution >= 0.6 is 15.9 Å². The second-order valence-electron chi connectivity index (χ2n) is 3.71. The fourth-order valence-corrected chi connectivity index (χ4v) is 2.28. The van der Waals surface area contributed by atoms with Gasteiger partial charge in [0.05, 0.1) is 6.10 Å². The molecule has 2 rings (SSSR count). The zero-order chi connectivity index (χ0) is 9.97. The van der Waals surface area contributed by atoms with E-state index in [4.69, 9.17) is 4.74 Å². The van der Waals surface area contributed by atoms with E-state index in [1.165, 1.54) is 5.56 Å². The van der Waals surface area contributed by atoms with Gasteiger partial charge < -0.3 is 4.74 Å². The molecule has 1 fully saturated rings. The van der Waals surface area contributed by atoms with Crippen LogP contribution in [0.2, 0.25) is 0 Å². The van der Waals surface area contributed by atoms with Crippen molar-refractivity contribution >= 4 is 15.9 Å². The maximum atomic E-state index is 5.73. The number of rotatable bonds is 1. The van der Waals surface area contributed by atoms with Crippen LogP contribution < -0.4 is 0 Å². The molecule has 76 valence electrons. The second kappa shape index (κ2) is 4.41. The van der Waals surface area contributed by atoms with E-state index in [0.717, 1.165) is 25.1 Å². The number of aromatic nitrogens is 1. The maximum Gasteiger partial charge on any atom is 0.0836 e. The summed E-state index contributed by atoms with van der Waals surface area (Å²) >= 11 is 3.65. The van der Waals surface area contributed by atoms with Gasteiger partial charge in [0.15, 0.2) is 0 Å². The highest BCUT2D eigenvalue weighted by molar-refractivity contribution is 9.09. The third kappa shape index (κ3) is 2.34. The van der Waals surface area contributed by atoms with Crippen molar-refractivity contribution in [2.45, 2.75) is 30.7 Å². The molecule has 2 atom stereocenters. The van der Waals surface area contributed by atoms with Crippen molar-refractivity contribution in [2.75, 3.05) is 6.61 Å². The first-order chi connectivity index (χ1) is 6.75. The molecule has 0 aliphatic carbocycles. The summed E-state index contributed by atoms with van der Waals surface area (Å²) in [5.41, 5.74) is 2.31. The van der Waals surface area contributed by atoms with Crippen LogP contribution in [0.4, 0.5) is 0 Å². The molecule has 0 unspecified atom stereocenters. The van der Waals surface area contributed by atoms with E-state index in [1.54, 1.807) is 0 Å². The molecule has 0 saturated carbocycles. The van der Waals surface area contributed by atoms with Gasteiger partial charge in [-0.1, -0.05) is 15.9 Å². The number of nitrogens with zero attached hydrogens (tertiary/aromatic N) is 1. The number of alkyl halides is 1. The zero-order valence-corrected chi connectivity index (χ0v) is 9.83. The van der Waals surface area contributed by atoms with Crippen molar-refractivity contribution in [3.05, 3.63) is 29.6 Å². The number of aryl methyl sites for hydroxylation is 1. The lowest BCUT2D eigenvalue weighted by atomic mass is 10.0. The average Bonchev–Trinajstić information content (AvgIpc) is 2.18. The Bertz CT molecular complexity index is 316. The van der Waals surface area contributed by atoms with Gasteiger partial charge in [0.2, 0.25) is 0 Å². The Hall–Kier alpha value is -0.410. The maximum absolute atomic E-state index is 5.73. The first-order valence-corrected chi connectivity index (χ1v) is 5.85. The smallest absolute Gasteiger partial charge is 0.0836 e. The standard InChI is InChI=1S/C11H14BrNO/c1-8-6-9(2-4-13-8)11-7-10(12)3-5-14-11/h2,4,6,10-11H,3,5,7H2,1H3/t10-,11-/m0/s1. The van der Waals surface area contributed by atoms with Gasteiger partial charge in [0.1, 0.15) is 0 Å². The minimum atomic E-state index is 0.245. The molecule has 1 aliphatic rings. The highest BCUT2D eigenvalue weighted by Gasteiger charge is 2.21. The molecule has 0 aromatic carbocycles. The summed E-state index contributed by atoms with van der Waals surface area (Å²) in [6.45, 7) is 2.86. The normalized spacial score (nSPS) is 27.6. The van der Waals surface area contributed by atoms with E-state index < -0.39 is 0 Å². The summed E-state index contributed by atoms with van der Waals surface area (Å²) in [5.74, 6) is 0. The summed E-state index contributed by atoms with van der Waals surface area (Å²) in [6.07, 6.45) is 4.27. The van der Waals surface area contributed by atoms with Gasteiger partial charge >= 0.3 is 0 Å². The lowest BCUT2D eigenvalue weighted by Gasteiger charge is -2.26. The van der Waals surface area contributed by atoms with E-state index in [-0.39, 0.29) is 6.10 Å². The quantitative estimate of drug-likeness (QED) is 0.720. The Morgan fingerprint density at radius 2 is 2.43 bits per heavy atom. The summed E-state index contributed by atoms with van der Waals surface area (Å²) in [7, 11) is 0. The Balaban J connectivity index is 2.14. The largest absolute Gasteiger partial charge is 0.373 e. The van der Waals surface area contributed by atoms with Crippen molar-refractivity contribution in [1.82, 2.24) is 4.98 Å². The monoisotopic (exact) mass is 255 g/mol. The Labute approximate surface area is 92.8 Å². The molecular formula is C11H14BrNO. The molecule has 0 radical (unpaired) electrons. The molecule has 0 N–H and O–H groups in total. The van der Waals surface area contributed by atoms with E-state index in [0.29, 0.717) is 4.83 Å². The third-order valence-electron chi connectivity index (χ3n) is 2.51. The molecule has 0 amide bonds. The van der Waals surface area contributed by atoms with Crippen molar-refractivity contribution in [2.24, 2.45) is 0 Å². The van der Waals surface area contributed by atoms with Crippen molar-refractivity contribution in [3.63, 3.8) is 0 Å². The van der Waals surface area contributed by atoms with E-state index in [1.807, 2.05) is 19.2 Å². The molecule has 3 heteroatoms. The van der Waals surface area contributed by atoms with Crippen LogP contribution in [0, 0.1) is 6.92 Å². The van der Waals surface area contributed by atoms with E-state index in [2.05, 4.69) is 27.0 Å². The van der Waals surface area contributed by atoms with Gasteiger partial charge in [-0.25, -0.2) is 0 Å². The fraction of sp³-hybridized carbons (Fsp3) is 0.545. The molecule has 1 aromatic rings. The SMILES string of the molecule is Cc1cc([C@@H]2C[C@@H](Br)CCO2)ccn1. The fourth-order valence-electron chi connectivity index (χ4n) is 1.76. The summed E-state index contributed by atoms with van der Waals surface area (Å²) in [4.78, 5) is 4.78. The van der Waals surface area contributed by atoms with Gasteiger partial charge in [-0.2, -0.15) is 0 Å². The lowest BCUT2D eigenvalue weighted by Crippen LogP contribution is -2.19. The highest BCUT2D eigenvalue weighted by atomic mass is 79.9. The minimum absolute atomic E-state index is 0.245. The predicted octanol–water partition coefficient (Wildman–Crippen LogP) is 3.01. The van der Waals surface area contributed by atoms with Crippen LogP contribution in [0.15, 0.2) is 18.3 Å². The first-order valence-electron chi connectivity index (χ1n) is 4.94. The van der Waals surface area contributed by atoms with Crippen molar-refractivity contribution in [1.29, 1.82) is 0 Å². The minimum Gasteiger partial charge on any atom is -0.373 e. The average molecular weight is 256 g/mol. The molecule has 2 heterocycles. The van der Waals surface area contributed by atoms with Gasteiger partial charge in [0, 0.05) is 23.3 Å². The molecule has 14 heavy (non-hydrogen) atoms. The van der Waals surface area contributed by atoms with Crippen LogP contribution in [0.3, 0.4) is 0 Å². The molecular weight excluding hydrogens is 242 g/mol.